The number of carbonyl (C=O) groups is 2. The van der Waals surface area contributed by atoms with Crippen molar-refractivity contribution in [1.82, 2.24) is 5.32 Å². The van der Waals surface area contributed by atoms with Gasteiger partial charge in [-0.3, -0.25) is 4.79 Å². The summed E-state index contributed by atoms with van der Waals surface area (Å²) in [6.45, 7) is 6.22. The Labute approximate surface area is 103 Å². The predicted octanol–water partition coefficient (Wildman–Crippen LogP) is 1.27. The highest BCUT2D eigenvalue weighted by molar-refractivity contribution is 5.78. The van der Waals surface area contributed by atoms with Crippen LogP contribution >= 0.6 is 0 Å². The van der Waals surface area contributed by atoms with Crippen molar-refractivity contribution in [3.05, 3.63) is 0 Å². The van der Waals surface area contributed by atoms with Gasteiger partial charge in [-0.15, -0.1) is 0 Å². The molecule has 17 heavy (non-hydrogen) atoms. The van der Waals surface area contributed by atoms with Crippen molar-refractivity contribution in [2.24, 2.45) is 11.8 Å². The van der Waals surface area contributed by atoms with Gasteiger partial charge in [0.15, 0.2) is 6.10 Å². The van der Waals surface area contributed by atoms with Crippen LogP contribution in [0.1, 0.15) is 33.6 Å². The van der Waals surface area contributed by atoms with Gasteiger partial charge in [0, 0.05) is 13.5 Å². The van der Waals surface area contributed by atoms with E-state index in [2.05, 4.69) is 19.2 Å². The number of nitrogens with one attached hydrogen (secondary N) is 1. The van der Waals surface area contributed by atoms with Crippen LogP contribution in [0.4, 0.5) is 0 Å². The fourth-order valence-electron chi connectivity index (χ4n) is 1.64. The fourth-order valence-corrected chi connectivity index (χ4v) is 1.64. The summed E-state index contributed by atoms with van der Waals surface area (Å²) in [5.74, 6) is -0.401. The number of aliphatic carboxylic acids is 1. The lowest BCUT2D eigenvalue weighted by Gasteiger charge is -2.19. The first-order valence-electron chi connectivity index (χ1n) is 5.94. The maximum atomic E-state index is 11.6. The second-order valence-corrected chi connectivity index (χ2v) is 4.48. The molecule has 0 saturated heterocycles. The lowest BCUT2D eigenvalue weighted by atomic mass is 9.90. The maximum absolute atomic E-state index is 11.6. The molecule has 0 radical (unpaired) electrons. The molecule has 0 aromatic heterocycles. The van der Waals surface area contributed by atoms with Crippen molar-refractivity contribution < 1.29 is 19.4 Å². The first-order valence-corrected chi connectivity index (χ1v) is 5.94. The molecule has 100 valence electrons. The number of carbonyl (C=O) groups excluding carboxylic acids is 1. The Morgan fingerprint density at radius 1 is 1.35 bits per heavy atom. The van der Waals surface area contributed by atoms with Crippen LogP contribution in [0.15, 0.2) is 0 Å². The molecule has 0 bridgehead atoms. The first kappa shape index (κ1) is 15.9. The van der Waals surface area contributed by atoms with Gasteiger partial charge < -0.3 is 15.2 Å². The Hall–Kier alpha value is -1.10. The van der Waals surface area contributed by atoms with Gasteiger partial charge in [0.05, 0.1) is 6.54 Å². The van der Waals surface area contributed by atoms with Crippen LogP contribution in [0.5, 0.6) is 0 Å². The third-order valence-electron chi connectivity index (χ3n) is 2.96. The summed E-state index contributed by atoms with van der Waals surface area (Å²) in [4.78, 5) is 22.3. The Morgan fingerprint density at radius 3 is 2.29 bits per heavy atom. The quantitative estimate of drug-likeness (QED) is 0.675. The van der Waals surface area contributed by atoms with Crippen molar-refractivity contribution >= 4 is 11.9 Å². The molecule has 2 atom stereocenters. The molecule has 0 aliphatic rings. The Balaban J connectivity index is 4.05. The molecule has 0 fully saturated rings. The average Bonchev–Trinajstić information content (AvgIpc) is 2.25. The lowest BCUT2D eigenvalue weighted by Crippen LogP contribution is -2.38. The van der Waals surface area contributed by atoms with Crippen LogP contribution in [-0.2, 0) is 14.3 Å². The Morgan fingerprint density at radius 2 is 1.94 bits per heavy atom. The zero-order valence-electron chi connectivity index (χ0n) is 11.0. The number of hydrogen-bond acceptors (Lipinski definition) is 3. The molecule has 0 aromatic carbocycles. The zero-order chi connectivity index (χ0) is 13.4. The summed E-state index contributed by atoms with van der Waals surface area (Å²) in [6, 6.07) is 0. The molecule has 0 spiro atoms. The monoisotopic (exact) mass is 245 g/mol. The molecule has 0 rings (SSSR count). The highest BCUT2D eigenvalue weighted by Gasteiger charge is 2.19. The smallest absolute Gasteiger partial charge is 0.334 e. The van der Waals surface area contributed by atoms with Crippen LogP contribution in [0.25, 0.3) is 0 Å². The van der Waals surface area contributed by atoms with Gasteiger partial charge in [0.25, 0.3) is 0 Å². The van der Waals surface area contributed by atoms with E-state index in [-0.39, 0.29) is 12.5 Å². The van der Waals surface area contributed by atoms with Crippen molar-refractivity contribution in [3.63, 3.8) is 0 Å². The van der Waals surface area contributed by atoms with Crippen LogP contribution in [0.3, 0.4) is 0 Å². The zero-order valence-corrected chi connectivity index (χ0v) is 11.0. The maximum Gasteiger partial charge on any atom is 0.334 e. The highest BCUT2D eigenvalue weighted by atomic mass is 16.5. The third-order valence-corrected chi connectivity index (χ3v) is 2.96. The molecule has 0 heterocycles. The van der Waals surface area contributed by atoms with Gasteiger partial charge in [-0.05, 0) is 11.8 Å². The van der Waals surface area contributed by atoms with E-state index in [1.165, 1.54) is 7.11 Å². The van der Waals surface area contributed by atoms with E-state index in [1.54, 1.807) is 0 Å². The fraction of sp³-hybridized carbons (Fsp3) is 0.833. The molecule has 0 saturated carbocycles. The Bertz CT molecular complexity index is 253. The van der Waals surface area contributed by atoms with E-state index < -0.39 is 12.1 Å². The number of rotatable bonds is 8. The standard InChI is InChI=1S/C12H23NO4/c1-5-9(8(2)3)6-11(14)13-7-10(17-4)12(15)16/h8-10H,5-7H2,1-4H3,(H,13,14)(H,15,16). The van der Waals surface area contributed by atoms with Crippen LogP contribution in [0.2, 0.25) is 0 Å². The molecular formula is C12H23NO4. The number of hydrogen-bond donors (Lipinski definition) is 2. The van der Waals surface area contributed by atoms with E-state index in [9.17, 15) is 9.59 Å². The highest BCUT2D eigenvalue weighted by Crippen LogP contribution is 2.18. The number of carboxylic acids is 1. The number of ether oxygens (including phenoxy) is 1. The molecule has 0 aromatic rings. The molecule has 5 heteroatoms. The number of amides is 1. The lowest BCUT2D eigenvalue weighted by molar-refractivity contribution is -0.148. The van der Waals surface area contributed by atoms with E-state index in [4.69, 9.17) is 9.84 Å². The van der Waals surface area contributed by atoms with Crippen molar-refractivity contribution in [2.45, 2.75) is 39.7 Å². The summed E-state index contributed by atoms with van der Waals surface area (Å²) < 4.78 is 4.73. The minimum atomic E-state index is -1.07. The van der Waals surface area contributed by atoms with E-state index in [0.717, 1.165) is 6.42 Å². The van der Waals surface area contributed by atoms with E-state index in [1.807, 2.05) is 6.92 Å². The number of methoxy groups -OCH3 is 1. The molecular weight excluding hydrogens is 222 g/mol. The van der Waals surface area contributed by atoms with E-state index in [0.29, 0.717) is 18.3 Å². The van der Waals surface area contributed by atoms with Crippen molar-refractivity contribution in [1.29, 1.82) is 0 Å². The summed E-state index contributed by atoms with van der Waals surface area (Å²) >= 11 is 0. The third kappa shape index (κ3) is 6.26. The summed E-state index contributed by atoms with van der Waals surface area (Å²) in [5.41, 5.74) is 0. The normalized spacial score (nSPS) is 14.4. The van der Waals surface area contributed by atoms with Gasteiger partial charge in [-0.25, -0.2) is 4.79 Å². The summed E-state index contributed by atoms with van der Waals surface area (Å²) in [7, 11) is 1.31. The number of carboxylic acid groups (broad SMARTS) is 1. The van der Waals surface area contributed by atoms with Gasteiger partial charge in [-0.1, -0.05) is 27.2 Å². The predicted molar refractivity (Wildman–Crippen MR) is 64.7 cm³/mol. The SMILES string of the molecule is CCC(CC(=O)NCC(OC)C(=O)O)C(C)C. The second kappa shape index (κ2) is 8.06. The molecule has 1 amide bonds. The second-order valence-electron chi connectivity index (χ2n) is 4.48. The first-order chi connectivity index (χ1) is 7.92. The van der Waals surface area contributed by atoms with Gasteiger partial charge in [0.1, 0.15) is 0 Å². The van der Waals surface area contributed by atoms with Gasteiger partial charge in [-0.2, -0.15) is 0 Å². The van der Waals surface area contributed by atoms with Crippen LogP contribution < -0.4 is 5.32 Å². The summed E-state index contributed by atoms with van der Waals surface area (Å²) in [6.07, 6.45) is 0.403. The largest absolute Gasteiger partial charge is 0.479 e. The van der Waals surface area contributed by atoms with Crippen LogP contribution in [-0.4, -0.2) is 36.7 Å². The molecule has 2 unspecified atom stereocenters. The minimum absolute atomic E-state index is 0.0131. The van der Waals surface area contributed by atoms with Crippen molar-refractivity contribution in [3.8, 4) is 0 Å². The van der Waals surface area contributed by atoms with E-state index >= 15 is 0 Å². The molecule has 0 aliphatic carbocycles. The van der Waals surface area contributed by atoms with Gasteiger partial charge in [0.2, 0.25) is 5.91 Å². The van der Waals surface area contributed by atoms with Crippen LogP contribution in [0, 0.1) is 11.8 Å². The Kier molecular flexibility index (Phi) is 7.54. The topological polar surface area (TPSA) is 75.6 Å². The van der Waals surface area contributed by atoms with Crippen molar-refractivity contribution in [2.75, 3.05) is 13.7 Å². The molecule has 5 nitrogen and oxygen atoms in total. The molecule has 0 aliphatic heterocycles. The minimum Gasteiger partial charge on any atom is -0.479 e. The average molecular weight is 245 g/mol. The summed E-state index contributed by atoms with van der Waals surface area (Å²) in [5, 5.41) is 11.3. The molecule has 2 N–H and O–H groups in total. The van der Waals surface area contributed by atoms with Gasteiger partial charge >= 0.3 is 5.97 Å².